The summed E-state index contributed by atoms with van der Waals surface area (Å²) in [6.07, 6.45) is 9.88. The van der Waals surface area contributed by atoms with Gasteiger partial charge in [-0.15, -0.1) is 0 Å². The second-order valence-electron chi connectivity index (χ2n) is 8.24. The molecule has 0 fully saturated rings. The summed E-state index contributed by atoms with van der Waals surface area (Å²) in [5, 5.41) is 9.18. The quantitative estimate of drug-likeness (QED) is 0.287. The van der Waals surface area contributed by atoms with Gasteiger partial charge in [0.1, 0.15) is 24.2 Å². The van der Waals surface area contributed by atoms with Crippen molar-refractivity contribution >= 4 is 22.6 Å². The first-order valence-corrected chi connectivity index (χ1v) is 11.1. The number of aryl methyl sites for hydroxylation is 1. The lowest BCUT2D eigenvalue weighted by Crippen LogP contribution is -2.40. The van der Waals surface area contributed by atoms with Crippen molar-refractivity contribution in [1.29, 1.82) is 0 Å². The number of amides is 1. The fourth-order valence-corrected chi connectivity index (χ4v) is 4.43. The molecule has 13 heteroatoms. The monoisotopic (exact) mass is 484 g/mol. The highest BCUT2D eigenvalue weighted by Crippen LogP contribution is 2.32. The van der Waals surface area contributed by atoms with Crippen molar-refractivity contribution in [3.8, 4) is 17.4 Å². The summed E-state index contributed by atoms with van der Waals surface area (Å²) >= 11 is 0. The number of Topliss-reactive ketones (excluding diaryl/α,β-unsaturated/α-hetero) is 1. The number of aromatic amines is 1. The molecule has 36 heavy (non-hydrogen) atoms. The van der Waals surface area contributed by atoms with Crippen LogP contribution in [-0.2, 0) is 17.8 Å². The lowest BCUT2D eigenvalue weighted by Gasteiger charge is -2.26. The van der Waals surface area contributed by atoms with Crippen LogP contribution in [0, 0.1) is 6.92 Å². The van der Waals surface area contributed by atoms with E-state index >= 15 is 0 Å². The van der Waals surface area contributed by atoms with Crippen molar-refractivity contribution in [1.82, 2.24) is 49.4 Å². The van der Waals surface area contributed by atoms with Crippen molar-refractivity contribution in [3.05, 3.63) is 66.2 Å². The van der Waals surface area contributed by atoms with Crippen molar-refractivity contribution in [3.63, 3.8) is 0 Å². The molecular weight excluding hydrogens is 464 g/mol. The van der Waals surface area contributed by atoms with Gasteiger partial charge in [0.15, 0.2) is 11.6 Å². The first kappa shape index (κ1) is 21.6. The Hall–Kier alpha value is -4.94. The second kappa shape index (κ2) is 8.37. The van der Waals surface area contributed by atoms with Gasteiger partial charge in [0, 0.05) is 43.5 Å². The Morgan fingerprint density at radius 2 is 2.06 bits per heavy atom. The van der Waals surface area contributed by atoms with Gasteiger partial charge >= 0.3 is 0 Å². The van der Waals surface area contributed by atoms with Crippen LogP contribution in [0.25, 0.3) is 22.5 Å². The topological polar surface area (TPSA) is 150 Å². The summed E-state index contributed by atoms with van der Waals surface area (Å²) in [6, 6.07) is 1.77. The minimum absolute atomic E-state index is 0.204. The Morgan fingerprint density at radius 1 is 1.17 bits per heavy atom. The third kappa shape index (κ3) is 3.40. The number of hydrogen-bond acceptors (Lipinski definition) is 9. The maximum absolute atomic E-state index is 13.4. The summed E-state index contributed by atoms with van der Waals surface area (Å²) in [5.74, 6) is 0.797. The first-order valence-electron chi connectivity index (χ1n) is 11.1. The highest BCUT2D eigenvalue weighted by atomic mass is 16.5. The van der Waals surface area contributed by atoms with Gasteiger partial charge in [0.2, 0.25) is 0 Å². The van der Waals surface area contributed by atoms with Crippen LogP contribution < -0.4 is 4.74 Å². The van der Waals surface area contributed by atoms with E-state index in [2.05, 4.69) is 35.1 Å². The molecule has 1 aliphatic heterocycles. The molecule has 0 aromatic carbocycles. The molecule has 0 aliphatic carbocycles. The van der Waals surface area contributed by atoms with Crippen molar-refractivity contribution in [2.24, 2.45) is 0 Å². The molecule has 0 bridgehead atoms. The van der Waals surface area contributed by atoms with E-state index < -0.39 is 11.7 Å². The number of fused-ring (bicyclic) bond motifs is 2. The zero-order chi connectivity index (χ0) is 24.8. The third-order valence-corrected chi connectivity index (χ3v) is 6.14. The van der Waals surface area contributed by atoms with Gasteiger partial charge in [-0.3, -0.25) is 9.59 Å². The summed E-state index contributed by atoms with van der Waals surface area (Å²) in [4.78, 5) is 48.1. The van der Waals surface area contributed by atoms with E-state index in [-0.39, 0.29) is 12.1 Å². The fourth-order valence-electron chi connectivity index (χ4n) is 4.43. The standard InChI is InChI=1S/C23H20N10O3/c1-13-28-12-32(30-13)22-20-19(17(36-2)9-26-22)15(8-25-20)21(34)23(35)31-6-4-16-14(10-31)7-29-33(16)18-3-5-24-11-27-18/h3,5,7-9,11-12,25H,4,6,10H2,1-2H3. The Morgan fingerprint density at radius 3 is 2.81 bits per heavy atom. The number of aromatic nitrogens is 9. The summed E-state index contributed by atoms with van der Waals surface area (Å²) in [5.41, 5.74) is 2.54. The van der Waals surface area contributed by atoms with Crippen LogP contribution in [0.1, 0.15) is 27.4 Å². The Balaban J connectivity index is 1.31. The summed E-state index contributed by atoms with van der Waals surface area (Å²) < 4.78 is 8.71. The maximum atomic E-state index is 13.4. The SMILES string of the molecule is COc1cnc(-n2cnc(C)n2)c2[nH]cc(C(=O)C(=O)N3CCc4c(cnn4-c4ccncn4)C3)c12. The summed E-state index contributed by atoms with van der Waals surface area (Å²) in [6.45, 7) is 2.41. The van der Waals surface area contributed by atoms with Gasteiger partial charge in [-0.2, -0.15) is 10.2 Å². The molecule has 5 aromatic rings. The van der Waals surface area contributed by atoms with E-state index in [0.29, 0.717) is 47.1 Å². The molecule has 1 aliphatic rings. The van der Waals surface area contributed by atoms with Crippen molar-refractivity contribution < 1.29 is 14.3 Å². The number of carbonyl (C=O) groups is 2. The van der Waals surface area contributed by atoms with E-state index in [0.717, 1.165) is 11.3 Å². The number of H-pyrrole nitrogens is 1. The average molecular weight is 484 g/mol. The van der Waals surface area contributed by atoms with Crippen LogP contribution in [0.4, 0.5) is 0 Å². The van der Waals surface area contributed by atoms with E-state index in [1.807, 2.05) is 0 Å². The molecule has 0 unspecified atom stereocenters. The number of hydrogen-bond donors (Lipinski definition) is 1. The third-order valence-electron chi connectivity index (χ3n) is 6.14. The molecule has 1 N–H and O–H groups in total. The van der Waals surface area contributed by atoms with Crippen LogP contribution in [-0.4, -0.2) is 74.7 Å². The number of nitrogens with one attached hydrogen (secondary N) is 1. The van der Waals surface area contributed by atoms with E-state index in [9.17, 15) is 9.59 Å². The van der Waals surface area contributed by atoms with Crippen molar-refractivity contribution in [2.45, 2.75) is 19.9 Å². The van der Waals surface area contributed by atoms with Crippen LogP contribution in [0.5, 0.6) is 5.75 Å². The second-order valence-corrected chi connectivity index (χ2v) is 8.24. The number of methoxy groups -OCH3 is 1. The minimum atomic E-state index is -0.641. The van der Waals surface area contributed by atoms with E-state index in [1.54, 1.807) is 30.1 Å². The number of rotatable bonds is 5. The van der Waals surface area contributed by atoms with Crippen LogP contribution in [0.2, 0.25) is 0 Å². The zero-order valence-electron chi connectivity index (χ0n) is 19.4. The minimum Gasteiger partial charge on any atom is -0.494 e. The smallest absolute Gasteiger partial charge is 0.295 e. The number of ketones is 1. The highest BCUT2D eigenvalue weighted by molar-refractivity contribution is 6.45. The average Bonchev–Trinajstić information content (AvgIpc) is 3.65. The Kier molecular flexibility index (Phi) is 5.02. The lowest BCUT2D eigenvalue weighted by molar-refractivity contribution is -0.127. The molecular formula is C23H20N10O3. The Labute approximate surface area is 203 Å². The van der Waals surface area contributed by atoms with E-state index in [1.165, 1.54) is 41.7 Å². The molecule has 5 aromatic heterocycles. The van der Waals surface area contributed by atoms with Gasteiger partial charge in [0.25, 0.3) is 11.7 Å². The first-order chi connectivity index (χ1) is 17.5. The van der Waals surface area contributed by atoms with Gasteiger partial charge in [-0.05, 0) is 6.92 Å². The van der Waals surface area contributed by atoms with Crippen molar-refractivity contribution in [2.75, 3.05) is 13.7 Å². The molecule has 13 nitrogen and oxygen atoms in total. The van der Waals surface area contributed by atoms with Gasteiger partial charge in [-0.1, -0.05) is 0 Å². The molecule has 0 saturated heterocycles. The molecule has 180 valence electrons. The predicted octanol–water partition coefficient (Wildman–Crippen LogP) is 1.20. The van der Waals surface area contributed by atoms with Crippen LogP contribution in [0.3, 0.4) is 0 Å². The number of nitrogens with zero attached hydrogens (tertiary/aromatic N) is 9. The highest BCUT2D eigenvalue weighted by Gasteiger charge is 2.31. The molecule has 0 saturated carbocycles. The molecule has 6 rings (SSSR count). The molecule has 0 radical (unpaired) electrons. The normalized spacial score (nSPS) is 13.1. The Bertz CT molecular complexity index is 1620. The summed E-state index contributed by atoms with van der Waals surface area (Å²) in [7, 11) is 1.49. The van der Waals surface area contributed by atoms with E-state index in [4.69, 9.17) is 4.74 Å². The molecule has 6 heterocycles. The number of carbonyl (C=O) groups excluding carboxylic acids is 2. The van der Waals surface area contributed by atoms with Gasteiger partial charge < -0.3 is 14.6 Å². The lowest BCUT2D eigenvalue weighted by atomic mass is 10.0. The number of pyridine rings is 1. The maximum Gasteiger partial charge on any atom is 0.295 e. The predicted molar refractivity (Wildman–Crippen MR) is 125 cm³/mol. The number of ether oxygens (including phenoxy) is 1. The molecule has 0 spiro atoms. The molecule has 0 atom stereocenters. The molecule has 1 amide bonds. The van der Waals surface area contributed by atoms with Crippen LogP contribution >= 0.6 is 0 Å². The zero-order valence-corrected chi connectivity index (χ0v) is 19.4. The largest absolute Gasteiger partial charge is 0.494 e. The van der Waals surface area contributed by atoms with Gasteiger partial charge in [0.05, 0.1) is 41.7 Å². The van der Waals surface area contributed by atoms with Crippen LogP contribution in [0.15, 0.2) is 43.5 Å². The fraction of sp³-hybridized carbons (Fsp3) is 0.217. The van der Waals surface area contributed by atoms with Gasteiger partial charge in [-0.25, -0.2) is 29.3 Å².